The number of aromatic nitrogens is 2. The molecule has 5 heteroatoms. The molecule has 1 aliphatic heterocycles. The van der Waals surface area contributed by atoms with Crippen LogP contribution in [0, 0.1) is 0 Å². The van der Waals surface area contributed by atoms with E-state index in [-0.39, 0.29) is 6.04 Å². The highest BCUT2D eigenvalue weighted by atomic mass is 79.9. The third kappa shape index (κ3) is 1.73. The normalized spacial score (nSPS) is 18.4. The molecular weight excluding hydrogens is 318 g/mol. The summed E-state index contributed by atoms with van der Waals surface area (Å²) in [5, 5.41) is 1.10. The van der Waals surface area contributed by atoms with Crippen molar-refractivity contribution in [3.63, 3.8) is 0 Å². The molecule has 3 heterocycles. The molecule has 4 rings (SSSR count). The van der Waals surface area contributed by atoms with E-state index in [2.05, 4.69) is 31.5 Å². The van der Waals surface area contributed by atoms with E-state index in [0.717, 1.165) is 46.3 Å². The Balaban J connectivity index is 1.95. The Morgan fingerprint density at radius 1 is 1.35 bits per heavy atom. The minimum atomic E-state index is 0.211. The SMILES string of the molecule is NC1CCn2c(Br)nc(-c3coc4ccccc34)c2C1. The van der Waals surface area contributed by atoms with Gasteiger partial charge in [-0.1, -0.05) is 18.2 Å². The minimum Gasteiger partial charge on any atom is -0.464 e. The van der Waals surface area contributed by atoms with Gasteiger partial charge in [-0.05, 0) is 28.4 Å². The number of nitrogens with zero attached hydrogens (tertiary/aromatic N) is 2. The minimum absolute atomic E-state index is 0.211. The van der Waals surface area contributed by atoms with Crippen molar-refractivity contribution in [3.05, 3.63) is 41.0 Å². The average molecular weight is 332 g/mol. The van der Waals surface area contributed by atoms with Crippen LogP contribution in [-0.2, 0) is 13.0 Å². The molecule has 4 nitrogen and oxygen atoms in total. The zero-order chi connectivity index (χ0) is 13.7. The Morgan fingerprint density at radius 3 is 3.10 bits per heavy atom. The predicted molar refractivity (Wildman–Crippen MR) is 81.4 cm³/mol. The molecule has 0 aliphatic carbocycles. The summed E-state index contributed by atoms with van der Waals surface area (Å²) < 4.78 is 8.72. The summed E-state index contributed by atoms with van der Waals surface area (Å²) >= 11 is 3.55. The lowest BCUT2D eigenvalue weighted by Gasteiger charge is -2.21. The summed E-state index contributed by atoms with van der Waals surface area (Å²) in [5.74, 6) is 0. The Morgan fingerprint density at radius 2 is 2.20 bits per heavy atom. The van der Waals surface area contributed by atoms with Crippen molar-refractivity contribution < 1.29 is 4.42 Å². The molecule has 0 saturated carbocycles. The van der Waals surface area contributed by atoms with E-state index in [1.54, 1.807) is 6.26 Å². The van der Waals surface area contributed by atoms with Crippen LogP contribution in [0.15, 0.2) is 39.7 Å². The molecule has 102 valence electrons. The van der Waals surface area contributed by atoms with Gasteiger partial charge in [0.15, 0.2) is 4.73 Å². The predicted octanol–water partition coefficient (Wildman–Crippen LogP) is 3.33. The van der Waals surface area contributed by atoms with Crippen LogP contribution in [0.1, 0.15) is 12.1 Å². The summed E-state index contributed by atoms with van der Waals surface area (Å²) in [7, 11) is 0. The molecule has 0 bridgehead atoms. The third-order valence-electron chi connectivity index (χ3n) is 3.94. The van der Waals surface area contributed by atoms with Gasteiger partial charge in [-0.25, -0.2) is 4.98 Å². The molecule has 2 aromatic heterocycles. The second-order valence-electron chi connectivity index (χ2n) is 5.23. The highest BCUT2D eigenvalue weighted by Crippen LogP contribution is 2.35. The number of para-hydroxylation sites is 1. The number of fused-ring (bicyclic) bond motifs is 2. The Hall–Kier alpha value is -1.59. The smallest absolute Gasteiger partial charge is 0.177 e. The molecule has 0 saturated heterocycles. The number of benzene rings is 1. The lowest BCUT2D eigenvalue weighted by Crippen LogP contribution is -2.30. The van der Waals surface area contributed by atoms with E-state index in [9.17, 15) is 0 Å². The zero-order valence-corrected chi connectivity index (χ0v) is 12.4. The zero-order valence-electron chi connectivity index (χ0n) is 10.8. The van der Waals surface area contributed by atoms with E-state index in [4.69, 9.17) is 10.2 Å². The summed E-state index contributed by atoms with van der Waals surface area (Å²) in [4.78, 5) is 4.68. The monoisotopic (exact) mass is 331 g/mol. The second-order valence-corrected chi connectivity index (χ2v) is 5.94. The van der Waals surface area contributed by atoms with Crippen molar-refractivity contribution in [1.82, 2.24) is 9.55 Å². The molecule has 0 fully saturated rings. The van der Waals surface area contributed by atoms with E-state index >= 15 is 0 Å². The summed E-state index contributed by atoms with van der Waals surface area (Å²) in [6, 6.07) is 8.25. The van der Waals surface area contributed by atoms with Gasteiger partial charge in [-0.15, -0.1) is 0 Å². The van der Waals surface area contributed by atoms with Crippen molar-refractivity contribution in [2.45, 2.75) is 25.4 Å². The van der Waals surface area contributed by atoms with Gasteiger partial charge in [0, 0.05) is 35.7 Å². The van der Waals surface area contributed by atoms with Gasteiger partial charge in [0.2, 0.25) is 0 Å². The van der Waals surface area contributed by atoms with Crippen LogP contribution in [0.25, 0.3) is 22.2 Å². The second kappa shape index (κ2) is 4.46. The average Bonchev–Trinajstić information content (AvgIpc) is 3.00. The molecule has 0 spiro atoms. The number of rotatable bonds is 1. The van der Waals surface area contributed by atoms with E-state index in [1.807, 2.05) is 18.2 Å². The number of furan rings is 1. The van der Waals surface area contributed by atoms with Crippen LogP contribution in [0.4, 0.5) is 0 Å². The van der Waals surface area contributed by atoms with Crippen molar-refractivity contribution in [2.75, 3.05) is 0 Å². The Kier molecular flexibility index (Phi) is 2.72. The van der Waals surface area contributed by atoms with Crippen LogP contribution < -0.4 is 5.73 Å². The van der Waals surface area contributed by atoms with Gasteiger partial charge in [0.1, 0.15) is 11.8 Å². The third-order valence-corrected chi connectivity index (χ3v) is 4.55. The Bertz CT molecular complexity index is 790. The van der Waals surface area contributed by atoms with Gasteiger partial charge >= 0.3 is 0 Å². The fourth-order valence-corrected chi connectivity index (χ4v) is 3.48. The highest BCUT2D eigenvalue weighted by Gasteiger charge is 2.25. The Labute approximate surface area is 124 Å². The van der Waals surface area contributed by atoms with Crippen molar-refractivity contribution in [1.29, 1.82) is 0 Å². The van der Waals surface area contributed by atoms with E-state index < -0.39 is 0 Å². The van der Waals surface area contributed by atoms with Crippen molar-refractivity contribution in [2.24, 2.45) is 5.73 Å². The van der Waals surface area contributed by atoms with Gasteiger partial charge < -0.3 is 14.7 Å². The standard InChI is InChI=1S/C15H14BrN3O/c16-15-18-14(12-7-9(17)5-6-19(12)15)11-8-20-13-4-2-1-3-10(11)13/h1-4,8-9H,5-7,17H2. The number of nitrogens with two attached hydrogens (primary N) is 1. The van der Waals surface area contributed by atoms with Crippen LogP contribution in [-0.4, -0.2) is 15.6 Å². The first-order valence-electron chi connectivity index (χ1n) is 6.71. The molecule has 20 heavy (non-hydrogen) atoms. The number of hydrogen-bond acceptors (Lipinski definition) is 3. The van der Waals surface area contributed by atoms with Gasteiger partial charge in [-0.2, -0.15) is 0 Å². The first-order chi connectivity index (χ1) is 9.74. The molecule has 0 amide bonds. The fourth-order valence-electron chi connectivity index (χ4n) is 2.91. The number of hydrogen-bond donors (Lipinski definition) is 1. The first-order valence-corrected chi connectivity index (χ1v) is 7.50. The van der Waals surface area contributed by atoms with Gasteiger partial charge in [-0.3, -0.25) is 0 Å². The van der Waals surface area contributed by atoms with E-state index in [1.165, 1.54) is 5.69 Å². The van der Waals surface area contributed by atoms with Crippen LogP contribution in [0.5, 0.6) is 0 Å². The van der Waals surface area contributed by atoms with Crippen LogP contribution >= 0.6 is 15.9 Å². The topological polar surface area (TPSA) is 57.0 Å². The molecule has 1 aliphatic rings. The van der Waals surface area contributed by atoms with Crippen LogP contribution in [0.2, 0.25) is 0 Å². The lowest BCUT2D eigenvalue weighted by molar-refractivity contribution is 0.467. The first kappa shape index (κ1) is 12.2. The molecule has 0 radical (unpaired) electrons. The van der Waals surface area contributed by atoms with Crippen LogP contribution in [0.3, 0.4) is 0 Å². The van der Waals surface area contributed by atoms with Crippen molar-refractivity contribution in [3.8, 4) is 11.3 Å². The number of imidazole rings is 1. The van der Waals surface area contributed by atoms with E-state index in [0.29, 0.717) is 0 Å². The van der Waals surface area contributed by atoms with Crippen molar-refractivity contribution >= 4 is 26.9 Å². The molecular formula is C15H14BrN3O. The number of halogens is 1. The maximum Gasteiger partial charge on any atom is 0.177 e. The summed E-state index contributed by atoms with van der Waals surface area (Å²) in [5.41, 5.74) is 10.2. The highest BCUT2D eigenvalue weighted by molar-refractivity contribution is 9.10. The molecule has 1 atom stereocenters. The maximum absolute atomic E-state index is 6.11. The van der Waals surface area contributed by atoms with Gasteiger partial charge in [0.05, 0.1) is 5.69 Å². The van der Waals surface area contributed by atoms with Gasteiger partial charge in [0.25, 0.3) is 0 Å². The fraction of sp³-hybridized carbons (Fsp3) is 0.267. The maximum atomic E-state index is 6.11. The molecule has 1 unspecified atom stereocenters. The largest absolute Gasteiger partial charge is 0.464 e. The molecule has 2 N–H and O–H groups in total. The summed E-state index contributed by atoms with van der Waals surface area (Å²) in [6.07, 6.45) is 3.64. The molecule has 3 aromatic rings. The quantitative estimate of drug-likeness (QED) is 0.744. The summed E-state index contributed by atoms with van der Waals surface area (Å²) in [6.45, 7) is 0.917. The lowest BCUT2D eigenvalue weighted by atomic mass is 10.0. The molecule has 1 aromatic carbocycles.